The van der Waals surface area contributed by atoms with Crippen molar-refractivity contribution in [1.82, 2.24) is 9.36 Å². The molecule has 0 spiro atoms. The highest BCUT2D eigenvalue weighted by molar-refractivity contribution is 7.10. The summed E-state index contributed by atoms with van der Waals surface area (Å²) in [6.07, 6.45) is -3.40. The quantitative estimate of drug-likeness (QED) is 0.666. The number of nitrogens with one attached hydrogen (secondary N) is 1. The molecule has 142 valence electrons. The molecule has 2 aromatic heterocycles. The maximum Gasteiger partial charge on any atom is 0.416 e. The molecule has 0 aliphatic rings. The van der Waals surface area contributed by atoms with E-state index in [9.17, 15) is 18.0 Å². The summed E-state index contributed by atoms with van der Waals surface area (Å²) in [6.45, 7) is 3.64. The van der Waals surface area contributed by atoms with E-state index >= 15 is 0 Å². The Hall–Kier alpha value is -2.88. The first kappa shape index (κ1) is 18.9. The standard InChI is InChI=1S/C17H14F3N3O3S/c1-9(2)26-15-22-16(27-23-15)21-14(24)11-7-13(25-8-11)10-4-3-5-12(6-10)17(18,19)20/h3-9H,1-2H3,(H,21,22,23,24). The molecule has 2 heterocycles. The van der Waals surface area contributed by atoms with Crippen molar-refractivity contribution in [3.8, 4) is 17.3 Å². The minimum atomic E-state index is -4.46. The Bertz CT molecular complexity index is 950. The molecule has 0 atom stereocenters. The van der Waals surface area contributed by atoms with Crippen molar-refractivity contribution >= 4 is 22.6 Å². The van der Waals surface area contributed by atoms with Gasteiger partial charge in [0.1, 0.15) is 12.0 Å². The maximum absolute atomic E-state index is 12.8. The highest BCUT2D eigenvalue weighted by atomic mass is 32.1. The summed E-state index contributed by atoms with van der Waals surface area (Å²) in [5, 5.41) is 2.77. The van der Waals surface area contributed by atoms with Gasteiger partial charge in [-0.2, -0.15) is 18.2 Å². The molecule has 0 fully saturated rings. The Labute approximate surface area is 156 Å². The third-order valence-corrected chi connectivity index (χ3v) is 3.92. The minimum Gasteiger partial charge on any atom is -0.464 e. The number of hydrogen-bond donors (Lipinski definition) is 1. The van der Waals surface area contributed by atoms with Gasteiger partial charge in [0, 0.05) is 17.1 Å². The fourth-order valence-corrected chi connectivity index (χ4v) is 2.65. The fraction of sp³-hybridized carbons (Fsp3) is 0.235. The number of anilines is 1. The predicted molar refractivity (Wildman–Crippen MR) is 92.8 cm³/mol. The van der Waals surface area contributed by atoms with Gasteiger partial charge in [-0.3, -0.25) is 10.1 Å². The van der Waals surface area contributed by atoms with Crippen LogP contribution in [0, 0.1) is 0 Å². The summed E-state index contributed by atoms with van der Waals surface area (Å²) < 4.78 is 53.0. The third-order valence-electron chi connectivity index (χ3n) is 3.31. The van der Waals surface area contributed by atoms with Crippen molar-refractivity contribution in [2.45, 2.75) is 26.1 Å². The number of ether oxygens (including phenoxy) is 1. The normalized spacial score (nSPS) is 11.6. The van der Waals surface area contributed by atoms with Crippen LogP contribution in [0.3, 0.4) is 0 Å². The van der Waals surface area contributed by atoms with Crippen LogP contribution in [-0.2, 0) is 6.18 Å². The van der Waals surface area contributed by atoms with Crippen molar-refractivity contribution in [3.63, 3.8) is 0 Å². The number of nitrogens with zero attached hydrogens (tertiary/aromatic N) is 2. The molecule has 6 nitrogen and oxygen atoms in total. The molecular formula is C17H14F3N3O3S. The molecule has 3 rings (SSSR count). The third kappa shape index (κ3) is 4.64. The van der Waals surface area contributed by atoms with Crippen molar-refractivity contribution in [2.75, 3.05) is 5.32 Å². The van der Waals surface area contributed by atoms with Gasteiger partial charge in [-0.1, -0.05) is 12.1 Å². The lowest BCUT2D eigenvalue weighted by Gasteiger charge is -2.07. The van der Waals surface area contributed by atoms with Gasteiger partial charge in [0.25, 0.3) is 5.91 Å². The molecule has 0 unspecified atom stereocenters. The number of halogens is 3. The Morgan fingerprint density at radius 2 is 2.07 bits per heavy atom. The summed E-state index contributed by atoms with van der Waals surface area (Å²) in [4.78, 5) is 16.3. The van der Waals surface area contributed by atoms with Crippen LogP contribution in [0.25, 0.3) is 11.3 Å². The van der Waals surface area contributed by atoms with Gasteiger partial charge in [0.15, 0.2) is 0 Å². The molecule has 1 aromatic carbocycles. The number of hydrogen-bond acceptors (Lipinski definition) is 6. The first-order valence-corrected chi connectivity index (χ1v) is 8.57. The summed E-state index contributed by atoms with van der Waals surface area (Å²) in [6, 6.07) is 6.18. The Kier molecular flexibility index (Phi) is 5.17. The lowest BCUT2D eigenvalue weighted by Crippen LogP contribution is -2.11. The van der Waals surface area contributed by atoms with Gasteiger partial charge in [-0.25, -0.2) is 0 Å². The number of alkyl halides is 3. The number of carbonyl (C=O) groups is 1. The molecule has 3 aromatic rings. The molecule has 0 bridgehead atoms. The summed E-state index contributed by atoms with van der Waals surface area (Å²) in [5.41, 5.74) is -0.440. The van der Waals surface area contributed by atoms with Crippen LogP contribution in [0.15, 0.2) is 41.0 Å². The van der Waals surface area contributed by atoms with Crippen molar-refractivity contribution < 1.29 is 27.1 Å². The molecular weight excluding hydrogens is 383 g/mol. The van der Waals surface area contributed by atoms with E-state index in [1.165, 1.54) is 18.2 Å². The first-order chi connectivity index (χ1) is 12.7. The van der Waals surface area contributed by atoms with Gasteiger partial charge >= 0.3 is 12.2 Å². The zero-order valence-corrected chi connectivity index (χ0v) is 15.0. The second kappa shape index (κ2) is 7.39. The molecule has 27 heavy (non-hydrogen) atoms. The highest BCUT2D eigenvalue weighted by Crippen LogP contribution is 2.32. The van der Waals surface area contributed by atoms with Crippen LogP contribution in [0.5, 0.6) is 6.01 Å². The van der Waals surface area contributed by atoms with Crippen LogP contribution in [0.1, 0.15) is 29.8 Å². The van der Waals surface area contributed by atoms with E-state index in [0.717, 1.165) is 29.9 Å². The molecule has 0 aliphatic heterocycles. The molecule has 0 saturated heterocycles. The summed E-state index contributed by atoms with van der Waals surface area (Å²) >= 11 is 0.949. The van der Waals surface area contributed by atoms with Gasteiger partial charge in [0.2, 0.25) is 5.13 Å². The van der Waals surface area contributed by atoms with Crippen molar-refractivity contribution in [2.24, 2.45) is 0 Å². The van der Waals surface area contributed by atoms with E-state index in [4.69, 9.17) is 9.15 Å². The van der Waals surface area contributed by atoms with E-state index in [2.05, 4.69) is 14.7 Å². The van der Waals surface area contributed by atoms with E-state index in [1.54, 1.807) is 0 Å². The smallest absolute Gasteiger partial charge is 0.416 e. The van der Waals surface area contributed by atoms with E-state index in [-0.39, 0.29) is 34.1 Å². The lowest BCUT2D eigenvalue weighted by atomic mass is 10.1. The number of carbonyl (C=O) groups excluding carboxylic acids is 1. The Morgan fingerprint density at radius 3 is 2.78 bits per heavy atom. The van der Waals surface area contributed by atoms with Gasteiger partial charge in [0.05, 0.1) is 17.2 Å². The van der Waals surface area contributed by atoms with E-state index in [1.807, 2.05) is 13.8 Å². The maximum atomic E-state index is 12.8. The second-order valence-electron chi connectivity index (χ2n) is 5.78. The van der Waals surface area contributed by atoms with Crippen LogP contribution >= 0.6 is 11.5 Å². The predicted octanol–water partition coefficient (Wildman–Crippen LogP) is 4.86. The highest BCUT2D eigenvalue weighted by Gasteiger charge is 2.30. The molecule has 0 saturated carbocycles. The van der Waals surface area contributed by atoms with Crippen LogP contribution in [0.4, 0.5) is 18.3 Å². The van der Waals surface area contributed by atoms with Gasteiger partial charge in [-0.05, 0) is 32.0 Å². The van der Waals surface area contributed by atoms with Gasteiger partial charge in [-0.15, -0.1) is 4.37 Å². The summed E-state index contributed by atoms with van der Waals surface area (Å²) in [5.74, 6) is -0.378. The summed E-state index contributed by atoms with van der Waals surface area (Å²) in [7, 11) is 0. The average Bonchev–Trinajstić information content (AvgIpc) is 3.23. The molecule has 1 N–H and O–H groups in total. The SMILES string of the molecule is CC(C)Oc1nsc(NC(=O)c2coc(-c3cccc(C(F)(F)F)c3)c2)n1. The number of benzene rings is 1. The van der Waals surface area contributed by atoms with Crippen LogP contribution < -0.4 is 10.1 Å². The Morgan fingerprint density at radius 1 is 1.30 bits per heavy atom. The molecule has 0 aliphatic carbocycles. The number of furan rings is 1. The minimum absolute atomic E-state index is 0.105. The van der Waals surface area contributed by atoms with Crippen molar-refractivity contribution in [3.05, 3.63) is 47.7 Å². The zero-order chi connectivity index (χ0) is 19.6. The lowest BCUT2D eigenvalue weighted by molar-refractivity contribution is -0.137. The molecule has 10 heteroatoms. The number of aromatic nitrogens is 2. The van der Waals surface area contributed by atoms with Crippen LogP contribution in [-0.4, -0.2) is 21.4 Å². The average molecular weight is 397 g/mol. The van der Waals surface area contributed by atoms with Crippen molar-refractivity contribution in [1.29, 1.82) is 0 Å². The van der Waals surface area contributed by atoms with E-state index < -0.39 is 17.6 Å². The van der Waals surface area contributed by atoms with E-state index in [0.29, 0.717) is 0 Å². The first-order valence-electron chi connectivity index (χ1n) is 7.80. The molecule has 1 amide bonds. The van der Waals surface area contributed by atoms with Gasteiger partial charge < -0.3 is 9.15 Å². The fourth-order valence-electron chi connectivity index (χ4n) is 2.14. The number of amides is 1. The second-order valence-corrected chi connectivity index (χ2v) is 6.53. The number of rotatable bonds is 5. The van der Waals surface area contributed by atoms with Crippen LogP contribution in [0.2, 0.25) is 0 Å². The zero-order valence-electron chi connectivity index (χ0n) is 14.2. The largest absolute Gasteiger partial charge is 0.464 e. The molecule has 0 radical (unpaired) electrons. The Balaban J connectivity index is 1.74. The monoisotopic (exact) mass is 397 g/mol. The topological polar surface area (TPSA) is 77.2 Å².